The van der Waals surface area contributed by atoms with Crippen molar-refractivity contribution < 1.29 is 13.2 Å². The molecular formula is C14H11BrF3N. The van der Waals surface area contributed by atoms with Crippen molar-refractivity contribution in [2.75, 3.05) is 0 Å². The lowest BCUT2D eigenvalue weighted by Gasteiger charge is -2.27. The van der Waals surface area contributed by atoms with E-state index in [0.29, 0.717) is 10.0 Å². The summed E-state index contributed by atoms with van der Waals surface area (Å²) in [5.41, 5.74) is 5.33. The largest absolute Gasteiger partial charge is 0.318 e. The summed E-state index contributed by atoms with van der Waals surface area (Å²) in [6, 6.07) is 9.00. The smallest absolute Gasteiger partial charge is 0.194 e. The van der Waals surface area contributed by atoms with Crippen molar-refractivity contribution >= 4 is 15.9 Å². The zero-order valence-electron chi connectivity index (χ0n) is 10.1. The van der Waals surface area contributed by atoms with Crippen molar-refractivity contribution in [2.45, 2.75) is 12.5 Å². The summed E-state index contributed by atoms with van der Waals surface area (Å²) in [6.07, 6.45) is 0. The van der Waals surface area contributed by atoms with Gasteiger partial charge in [0.15, 0.2) is 17.5 Å². The van der Waals surface area contributed by atoms with Crippen molar-refractivity contribution in [3.05, 3.63) is 69.4 Å². The molecule has 0 fully saturated rings. The Morgan fingerprint density at radius 3 is 2.21 bits per heavy atom. The second-order valence-electron chi connectivity index (χ2n) is 4.41. The summed E-state index contributed by atoms with van der Waals surface area (Å²) in [5, 5.41) is 0. The van der Waals surface area contributed by atoms with E-state index in [0.717, 1.165) is 12.1 Å². The average Bonchev–Trinajstić information content (AvgIpc) is 2.36. The van der Waals surface area contributed by atoms with Gasteiger partial charge < -0.3 is 5.73 Å². The molecule has 0 spiro atoms. The van der Waals surface area contributed by atoms with Gasteiger partial charge in [0.1, 0.15) is 0 Å². The van der Waals surface area contributed by atoms with Crippen LogP contribution in [0, 0.1) is 17.5 Å². The van der Waals surface area contributed by atoms with Gasteiger partial charge in [0.05, 0.1) is 5.54 Å². The Bertz CT molecular complexity index is 626. The maximum absolute atomic E-state index is 13.9. The quantitative estimate of drug-likeness (QED) is 0.825. The highest BCUT2D eigenvalue weighted by atomic mass is 79.9. The van der Waals surface area contributed by atoms with Gasteiger partial charge in [-0.05, 0) is 24.6 Å². The summed E-state index contributed by atoms with van der Waals surface area (Å²) in [5.74, 6) is -4.01. The number of hydrogen-bond acceptors (Lipinski definition) is 1. The lowest BCUT2D eigenvalue weighted by atomic mass is 9.85. The Balaban J connectivity index is 2.64. The highest BCUT2D eigenvalue weighted by Gasteiger charge is 2.31. The van der Waals surface area contributed by atoms with E-state index in [1.165, 1.54) is 0 Å². The first kappa shape index (κ1) is 14.1. The predicted octanol–water partition coefficient (Wildman–Crippen LogP) is 4.09. The van der Waals surface area contributed by atoms with Crippen LogP contribution in [-0.4, -0.2) is 0 Å². The van der Waals surface area contributed by atoms with E-state index in [-0.39, 0.29) is 5.56 Å². The minimum absolute atomic E-state index is 0.0988. The molecule has 0 heterocycles. The molecule has 1 unspecified atom stereocenters. The van der Waals surface area contributed by atoms with Crippen LogP contribution in [0.25, 0.3) is 0 Å². The van der Waals surface area contributed by atoms with Gasteiger partial charge in [0.25, 0.3) is 0 Å². The first-order valence-corrected chi connectivity index (χ1v) is 6.33. The highest BCUT2D eigenvalue weighted by Crippen LogP contribution is 2.34. The standard InChI is InChI=1S/C14H11BrF3N/c1-14(19,8-4-2-3-5-10(8)15)9-6-7-11(16)13(18)12(9)17/h2-7H,19H2,1H3. The molecule has 2 N–H and O–H groups in total. The average molecular weight is 330 g/mol. The van der Waals surface area contributed by atoms with E-state index in [1.807, 2.05) is 0 Å². The molecular weight excluding hydrogens is 319 g/mol. The topological polar surface area (TPSA) is 26.0 Å². The minimum atomic E-state index is -1.51. The van der Waals surface area contributed by atoms with Crippen LogP contribution in [0.3, 0.4) is 0 Å². The molecule has 2 aromatic rings. The predicted molar refractivity (Wildman–Crippen MR) is 71.1 cm³/mol. The number of benzene rings is 2. The van der Waals surface area contributed by atoms with Gasteiger partial charge in [-0.25, -0.2) is 13.2 Å². The molecule has 2 aromatic carbocycles. The van der Waals surface area contributed by atoms with E-state index >= 15 is 0 Å². The van der Waals surface area contributed by atoms with Crippen LogP contribution in [0.4, 0.5) is 13.2 Å². The summed E-state index contributed by atoms with van der Waals surface area (Å²) >= 11 is 3.32. The number of hydrogen-bond donors (Lipinski definition) is 1. The highest BCUT2D eigenvalue weighted by molar-refractivity contribution is 9.10. The Kier molecular flexibility index (Phi) is 3.69. The van der Waals surface area contributed by atoms with E-state index in [2.05, 4.69) is 15.9 Å². The van der Waals surface area contributed by atoms with Gasteiger partial charge in [-0.1, -0.05) is 40.2 Å². The molecule has 5 heteroatoms. The second-order valence-corrected chi connectivity index (χ2v) is 5.26. The van der Waals surface area contributed by atoms with Crippen molar-refractivity contribution in [1.82, 2.24) is 0 Å². The van der Waals surface area contributed by atoms with Crippen LogP contribution in [0.2, 0.25) is 0 Å². The van der Waals surface area contributed by atoms with E-state index in [1.54, 1.807) is 31.2 Å². The lowest BCUT2D eigenvalue weighted by Crippen LogP contribution is -2.36. The van der Waals surface area contributed by atoms with Crippen LogP contribution in [0.15, 0.2) is 40.9 Å². The van der Waals surface area contributed by atoms with Gasteiger partial charge in [-0.15, -0.1) is 0 Å². The van der Waals surface area contributed by atoms with Gasteiger partial charge in [-0.2, -0.15) is 0 Å². The molecule has 0 aromatic heterocycles. The maximum Gasteiger partial charge on any atom is 0.194 e. The number of rotatable bonds is 2. The third-order valence-corrected chi connectivity index (χ3v) is 3.72. The molecule has 0 radical (unpaired) electrons. The lowest BCUT2D eigenvalue weighted by molar-refractivity contribution is 0.425. The summed E-state index contributed by atoms with van der Waals surface area (Å²) in [6.45, 7) is 1.54. The SMILES string of the molecule is CC(N)(c1ccccc1Br)c1ccc(F)c(F)c1F. The van der Waals surface area contributed by atoms with Crippen molar-refractivity contribution in [3.8, 4) is 0 Å². The van der Waals surface area contributed by atoms with E-state index in [4.69, 9.17) is 5.73 Å². The van der Waals surface area contributed by atoms with Crippen LogP contribution in [0.5, 0.6) is 0 Å². The molecule has 0 aliphatic heterocycles. The van der Waals surface area contributed by atoms with Gasteiger partial charge in [-0.3, -0.25) is 0 Å². The monoisotopic (exact) mass is 329 g/mol. The Morgan fingerprint density at radius 1 is 0.947 bits per heavy atom. The summed E-state index contributed by atoms with van der Waals surface area (Å²) in [7, 11) is 0. The summed E-state index contributed by atoms with van der Waals surface area (Å²) in [4.78, 5) is 0. The van der Waals surface area contributed by atoms with Crippen LogP contribution in [-0.2, 0) is 5.54 Å². The zero-order chi connectivity index (χ0) is 14.2. The fourth-order valence-electron chi connectivity index (χ4n) is 1.95. The molecule has 0 amide bonds. The van der Waals surface area contributed by atoms with Crippen LogP contribution < -0.4 is 5.73 Å². The second kappa shape index (κ2) is 4.98. The van der Waals surface area contributed by atoms with Crippen LogP contribution in [0.1, 0.15) is 18.1 Å². The third kappa shape index (κ3) is 2.40. The zero-order valence-corrected chi connectivity index (χ0v) is 11.6. The Hall–Kier alpha value is -1.33. The first-order chi connectivity index (χ1) is 8.85. The van der Waals surface area contributed by atoms with E-state index in [9.17, 15) is 13.2 Å². The molecule has 0 saturated heterocycles. The molecule has 100 valence electrons. The van der Waals surface area contributed by atoms with Crippen molar-refractivity contribution in [1.29, 1.82) is 0 Å². The van der Waals surface area contributed by atoms with Crippen molar-refractivity contribution in [3.63, 3.8) is 0 Å². The molecule has 1 nitrogen and oxygen atoms in total. The maximum atomic E-state index is 13.9. The van der Waals surface area contributed by atoms with Gasteiger partial charge in [0.2, 0.25) is 0 Å². The first-order valence-electron chi connectivity index (χ1n) is 5.53. The molecule has 0 bridgehead atoms. The molecule has 19 heavy (non-hydrogen) atoms. The fraction of sp³-hybridized carbons (Fsp3) is 0.143. The third-order valence-electron chi connectivity index (χ3n) is 3.03. The summed E-state index contributed by atoms with van der Waals surface area (Å²) < 4.78 is 40.8. The number of nitrogens with two attached hydrogens (primary N) is 1. The van der Waals surface area contributed by atoms with Crippen molar-refractivity contribution in [2.24, 2.45) is 5.73 Å². The Labute approximate surface area is 117 Å². The van der Waals surface area contributed by atoms with Gasteiger partial charge >= 0.3 is 0 Å². The Morgan fingerprint density at radius 2 is 1.58 bits per heavy atom. The van der Waals surface area contributed by atoms with Gasteiger partial charge in [0, 0.05) is 10.0 Å². The molecule has 0 aliphatic rings. The normalized spacial score (nSPS) is 14.2. The molecule has 2 rings (SSSR count). The molecule has 0 aliphatic carbocycles. The molecule has 1 atom stereocenters. The van der Waals surface area contributed by atoms with E-state index < -0.39 is 23.0 Å². The number of halogens is 4. The fourth-order valence-corrected chi connectivity index (χ4v) is 2.65. The minimum Gasteiger partial charge on any atom is -0.318 e. The van der Waals surface area contributed by atoms with Crippen LogP contribution >= 0.6 is 15.9 Å². The molecule has 0 saturated carbocycles.